The first-order chi connectivity index (χ1) is 17.5. The molecule has 2 N–H and O–H groups in total. The minimum Gasteiger partial charge on any atom is -0.497 e. The first-order valence-electron chi connectivity index (χ1n) is 12.2. The van der Waals surface area contributed by atoms with E-state index >= 15 is 0 Å². The summed E-state index contributed by atoms with van der Waals surface area (Å²) in [4.78, 5) is 18.0. The Labute approximate surface area is 211 Å². The van der Waals surface area contributed by atoms with Crippen LogP contribution in [0.4, 0.5) is 11.6 Å². The van der Waals surface area contributed by atoms with Gasteiger partial charge in [-0.3, -0.25) is 4.79 Å². The molecule has 0 spiro atoms. The zero-order valence-corrected chi connectivity index (χ0v) is 21.2. The molecule has 9 nitrogen and oxygen atoms in total. The van der Waals surface area contributed by atoms with Gasteiger partial charge in [-0.05, 0) is 43.2 Å². The van der Waals surface area contributed by atoms with Gasteiger partial charge in [0.25, 0.3) is 5.91 Å². The summed E-state index contributed by atoms with van der Waals surface area (Å²) in [5.41, 5.74) is 2.61. The summed E-state index contributed by atoms with van der Waals surface area (Å²) in [5, 5.41) is 10.6. The van der Waals surface area contributed by atoms with E-state index in [2.05, 4.69) is 27.6 Å². The molecule has 2 aromatic carbocycles. The Morgan fingerprint density at radius 1 is 1.06 bits per heavy atom. The average molecular weight is 492 g/mol. The van der Waals surface area contributed by atoms with Crippen LogP contribution in [0.15, 0.2) is 60.1 Å². The lowest BCUT2D eigenvalue weighted by Crippen LogP contribution is -2.31. The van der Waals surface area contributed by atoms with Gasteiger partial charge in [0.2, 0.25) is 5.95 Å². The number of unbranched alkanes of at least 4 members (excludes halogenated alkanes) is 3. The van der Waals surface area contributed by atoms with Crippen molar-refractivity contribution in [3.63, 3.8) is 0 Å². The van der Waals surface area contributed by atoms with Crippen molar-refractivity contribution in [2.75, 3.05) is 31.5 Å². The van der Waals surface area contributed by atoms with E-state index in [9.17, 15) is 4.79 Å². The zero-order chi connectivity index (χ0) is 25.5. The molecule has 190 valence electrons. The number of carbonyl (C=O) groups excluding carboxylic acids is 1. The average Bonchev–Trinajstić information content (AvgIpc) is 3.36. The van der Waals surface area contributed by atoms with Crippen LogP contribution in [-0.4, -0.2) is 41.5 Å². The third kappa shape index (κ3) is 5.45. The zero-order valence-electron chi connectivity index (χ0n) is 21.2. The summed E-state index contributed by atoms with van der Waals surface area (Å²) in [6.45, 7) is 4.74. The highest BCUT2D eigenvalue weighted by Gasteiger charge is 2.33. The van der Waals surface area contributed by atoms with E-state index in [0.717, 1.165) is 17.7 Å². The minimum absolute atomic E-state index is 0.283. The third-order valence-corrected chi connectivity index (χ3v) is 6.16. The SMILES string of the molecule is CCCCCCOc1ccc([C@H]2C(C(=O)Nc3cc(OC)ccc3OC)=C(C)Nc3ncnn32)cc1. The molecule has 1 aliphatic rings. The van der Waals surface area contributed by atoms with Gasteiger partial charge >= 0.3 is 0 Å². The number of benzene rings is 2. The first-order valence-corrected chi connectivity index (χ1v) is 12.2. The number of fused-ring (bicyclic) bond motifs is 1. The number of aromatic nitrogens is 3. The normalized spacial score (nSPS) is 14.6. The Kier molecular flexibility index (Phi) is 8.10. The highest BCUT2D eigenvalue weighted by atomic mass is 16.5. The summed E-state index contributed by atoms with van der Waals surface area (Å²) in [6, 6.07) is 12.6. The number of hydrogen-bond acceptors (Lipinski definition) is 7. The Morgan fingerprint density at radius 2 is 1.83 bits per heavy atom. The standard InChI is InChI=1S/C27H33N5O4/c1-5-6-7-8-15-36-20-11-9-19(10-12-20)25-24(18(2)30-27-28-17-29-32(25)27)26(33)31-22-16-21(34-3)13-14-23(22)35-4/h9-14,16-17,25H,5-8,15H2,1-4H3,(H,31,33)(H,28,29,30)/t25-/m0/s1. The van der Waals surface area contributed by atoms with Gasteiger partial charge in [0.1, 0.15) is 29.6 Å². The quantitative estimate of drug-likeness (QED) is 0.357. The van der Waals surface area contributed by atoms with E-state index < -0.39 is 6.04 Å². The molecule has 0 bridgehead atoms. The molecular formula is C27H33N5O4. The number of hydrogen-bond donors (Lipinski definition) is 2. The summed E-state index contributed by atoms with van der Waals surface area (Å²) in [6.07, 6.45) is 6.09. The van der Waals surface area contributed by atoms with Gasteiger partial charge in [-0.15, -0.1) is 0 Å². The van der Waals surface area contributed by atoms with Gasteiger partial charge in [0, 0.05) is 11.8 Å². The molecule has 0 aliphatic carbocycles. The van der Waals surface area contributed by atoms with Crippen molar-refractivity contribution < 1.29 is 19.0 Å². The Balaban J connectivity index is 1.60. The fourth-order valence-electron chi connectivity index (χ4n) is 4.26. The molecule has 0 radical (unpaired) electrons. The van der Waals surface area contributed by atoms with Crippen LogP contribution in [0.2, 0.25) is 0 Å². The fraction of sp³-hybridized carbons (Fsp3) is 0.370. The van der Waals surface area contributed by atoms with E-state index in [4.69, 9.17) is 14.2 Å². The van der Waals surface area contributed by atoms with E-state index in [-0.39, 0.29) is 5.91 Å². The Hall–Kier alpha value is -4.01. The molecule has 4 rings (SSSR count). The maximum atomic E-state index is 13.7. The number of rotatable bonds is 11. The van der Waals surface area contributed by atoms with E-state index in [0.29, 0.717) is 41.0 Å². The second-order valence-corrected chi connectivity index (χ2v) is 8.59. The van der Waals surface area contributed by atoms with Gasteiger partial charge in [-0.2, -0.15) is 10.1 Å². The lowest BCUT2D eigenvalue weighted by molar-refractivity contribution is -0.113. The van der Waals surface area contributed by atoms with Crippen molar-refractivity contribution in [1.82, 2.24) is 14.8 Å². The topological polar surface area (TPSA) is 99.5 Å². The molecule has 9 heteroatoms. The molecule has 0 unspecified atom stereocenters. The van der Waals surface area contributed by atoms with Crippen molar-refractivity contribution in [2.24, 2.45) is 0 Å². The molecule has 3 aromatic rings. The summed E-state index contributed by atoms with van der Waals surface area (Å²) >= 11 is 0. The van der Waals surface area contributed by atoms with Crippen LogP contribution in [0, 0.1) is 0 Å². The van der Waals surface area contributed by atoms with Gasteiger partial charge in [0.15, 0.2) is 0 Å². The second-order valence-electron chi connectivity index (χ2n) is 8.59. The van der Waals surface area contributed by atoms with Gasteiger partial charge in [-0.1, -0.05) is 38.3 Å². The van der Waals surface area contributed by atoms with Gasteiger partial charge < -0.3 is 24.8 Å². The Bertz CT molecular complexity index is 1220. The van der Waals surface area contributed by atoms with Crippen molar-refractivity contribution in [2.45, 2.75) is 45.6 Å². The van der Waals surface area contributed by atoms with Gasteiger partial charge in [-0.25, -0.2) is 4.68 Å². The van der Waals surface area contributed by atoms with Crippen molar-refractivity contribution in [1.29, 1.82) is 0 Å². The largest absolute Gasteiger partial charge is 0.497 e. The lowest BCUT2D eigenvalue weighted by Gasteiger charge is -2.29. The van der Waals surface area contributed by atoms with E-state index in [1.54, 1.807) is 37.1 Å². The number of nitrogens with one attached hydrogen (secondary N) is 2. The fourth-order valence-corrected chi connectivity index (χ4v) is 4.26. The molecule has 0 saturated heterocycles. The van der Waals surface area contributed by atoms with Gasteiger partial charge in [0.05, 0.1) is 32.1 Å². The smallest absolute Gasteiger partial charge is 0.255 e. The predicted octanol–water partition coefficient (Wildman–Crippen LogP) is 5.18. The first kappa shape index (κ1) is 25.1. The maximum Gasteiger partial charge on any atom is 0.255 e. The lowest BCUT2D eigenvalue weighted by atomic mass is 9.95. The predicted molar refractivity (Wildman–Crippen MR) is 139 cm³/mol. The van der Waals surface area contributed by atoms with Crippen LogP contribution in [0.1, 0.15) is 51.1 Å². The monoisotopic (exact) mass is 491 g/mol. The highest BCUT2D eigenvalue weighted by molar-refractivity contribution is 6.06. The molecular weight excluding hydrogens is 458 g/mol. The molecule has 1 atom stereocenters. The molecule has 1 aliphatic heterocycles. The van der Waals surface area contributed by atoms with Crippen LogP contribution in [-0.2, 0) is 4.79 Å². The van der Waals surface area contributed by atoms with Crippen LogP contribution >= 0.6 is 0 Å². The van der Waals surface area contributed by atoms with E-state index in [1.165, 1.54) is 25.6 Å². The number of allylic oxidation sites excluding steroid dienone is 1. The second kappa shape index (κ2) is 11.6. The number of nitrogens with zero attached hydrogens (tertiary/aromatic N) is 3. The van der Waals surface area contributed by atoms with Crippen molar-refractivity contribution >= 4 is 17.5 Å². The van der Waals surface area contributed by atoms with Crippen LogP contribution < -0.4 is 24.8 Å². The molecule has 36 heavy (non-hydrogen) atoms. The van der Waals surface area contributed by atoms with Crippen LogP contribution in [0.3, 0.4) is 0 Å². The molecule has 1 aromatic heterocycles. The minimum atomic E-state index is -0.473. The number of carbonyl (C=O) groups is 1. The third-order valence-electron chi connectivity index (χ3n) is 6.16. The Morgan fingerprint density at radius 3 is 2.56 bits per heavy atom. The highest BCUT2D eigenvalue weighted by Crippen LogP contribution is 2.37. The van der Waals surface area contributed by atoms with Crippen molar-refractivity contribution in [3.05, 3.63) is 65.6 Å². The molecule has 2 heterocycles. The summed E-state index contributed by atoms with van der Waals surface area (Å²) in [5.74, 6) is 2.23. The number of anilines is 2. The molecule has 0 saturated carbocycles. The summed E-state index contributed by atoms with van der Waals surface area (Å²) < 4.78 is 18.4. The summed E-state index contributed by atoms with van der Waals surface area (Å²) in [7, 11) is 3.13. The number of ether oxygens (including phenoxy) is 3. The molecule has 1 amide bonds. The molecule has 0 fully saturated rings. The van der Waals surface area contributed by atoms with E-state index in [1.807, 2.05) is 31.2 Å². The van der Waals surface area contributed by atoms with Crippen LogP contribution in [0.25, 0.3) is 0 Å². The maximum absolute atomic E-state index is 13.7. The van der Waals surface area contributed by atoms with Crippen LogP contribution in [0.5, 0.6) is 17.2 Å². The van der Waals surface area contributed by atoms with Crippen molar-refractivity contribution in [3.8, 4) is 17.2 Å². The number of methoxy groups -OCH3 is 2. The number of amides is 1.